The van der Waals surface area contributed by atoms with Gasteiger partial charge in [0.2, 0.25) is 5.88 Å². The molecule has 1 amide bonds. The van der Waals surface area contributed by atoms with Gasteiger partial charge in [-0.15, -0.1) is 0 Å². The fourth-order valence-corrected chi connectivity index (χ4v) is 3.13. The number of anilines is 2. The molecular weight excluding hydrogens is 396 g/mol. The third-order valence-corrected chi connectivity index (χ3v) is 4.59. The van der Waals surface area contributed by atoms with Crippen LogP contribution in [-0.4, -0.2) is 30.1 Å². The lowest BCUT2D eigenvalue weighted by molar-refractivity contribution is 0.102. The summed E-state index contributed by atoms with van der Waals surface area (Å²) in [7, 11) is 3.11. The predicted molar refractivity (Wildman–Crippen MR) is 118 cm³/mol. The molecule has 0 bridgehead atoms. The van der Waals surface area contributed by atoms with Crippen molar-refractivity contribution >= 4 is 28.2 Å². The number of rotatable bonds is 6. The molecule has 8 nitrogen and oxygen atoms in total. The summed E-state index contributed by atoms with van der Waals surface area (Å²) >= 11 is 0. The molecule has 156 valence electrons. The maximum Gasteiger partial charge on any atom is 0.256 e. The molecule has 0 aliphatic carbocycles. The van der Waals surface area contributed by atoms with Gasteiger partial charge in [0.05, 0.1) is 14.2 Å². The van der Waals surface area contributed by atoms with Crippen LogP contribution in [-0.2, 0) is 0 Å². The summed E-state index contributed by atoms with van der Waals surface area (Å²) in [5, 5.41) is 4.52. The Balaban J connectivity index is 1.61. The second kappa shape index (κ2) is 8.58. The van der Waals surface area contributed by atoms with Crippen LogP contribution in [0.15, 0.2) is 67.0 Å². The van der Waals surface area contributed by atoms with Crippen molar-refractivity contribution in [2.45, 2.75) is 0 Å². The summed E-state index contributed by atoms with van der Waals surface area (Å²) in [6, 6.07) is 17.6. The molecule has 8 heteroatoms. The van der Waals surface area contributed by atoms with Crippen molar-refractivity contribution in [3.63, 3.8) is 0 Å². The highest BCUT2D eigenvalue weighted by Gasteiger charge is 2.13. The van der Waals surface area contributed by atoms with Crippen molar-refractivity contribution in [2.75, 3.05) is 25.3 Å². The summed E-state index contributed by atoms with van der Waals surface area (Å²) in [5.41, 5.74) is 6.76. The Morgan fingerprint density at radius 1 is 0.903 bits per heavy atom. The van der Waals surface area contributed by atoms with Crippen molar-refractivity contribution in [3.8, 4) is 23.1 Å². The van der Waals surface area contributed by atoms with Gasteiger partial charge in [-0.25, -0.2) is 9.97 Å². The third kappa shape index (κ3) is 4.48. The van der Waals surface area contributed by atoms with Crippen LogP contribution in [0.25, 0.3) is 10.8 Å². The first kappa shape index (κ1) is 20.0. The van der Waals surface area contributed by atoms with Crippen molar-refractivity contribution in [2.24, 2.45) is 0 Å². The molecule has 0 spiro atoms. The zero-order valence-electron chi connectivity index (χ0n) is 17.0. The number of nitrogens with zero attached hydrogens (tertiary/aromatic N) is 2. The summed E-state index contributed by atoms with van der Waals surface area (Å²) in [4.78, 5) is 20.9. The van der Waals surface area contributed by atoms with Crippen LogP contribution in [0.2, 0.25) is 0 Å². The number of ether oxygens (including phenoxy) is 3. The van der Waals surface area contributed by atoms with E-state index in [9.17, 15) is 4.79 Å². The van der Waals surface area contributed by atoms with E-state index in [0.717, 1.165) is 10.8 Å². The largest absolute Gasteiger partial charge is 0.497 e. The van der Waals surface area contributed by atoms with E-state index in [1.165, 1.54) is 12.4 Å². The van der Waals surface area contributed by atoms with Crippen molar-refractivity contribution in [3.05, 3.63) is 72.6 Å². The molecule has 4 aromatic rings. The highest BCUT2D eigenvalue weighted by atomic mass is 16.5. The fraction of sp³-hybridized carbons (Fsp3) is 0.0870. The van der Waals surface area contributed by atoms with Crippen LogP contribution in [0.5, 0.6) is 23.1 Å². The van der Waals surface area contributed by atoms with Crippen molar-refractivity contribution in [1.29, 1.82) is 0 Å². The van der Waals surface area contributed by atoms with Crippen molar-refractivity contribution in [1.82, 2.24) is 9.97 Å². The molecule has 1 heterocycles. The van der Waals surface area contributed by atoms with Crippen LogP contribution in [0.4, 0.5) is 11.5 Å². The minimum atomic E-state index is -0.252. The molecule has 1 aromatic heterocycles. The van der Waals surface area contributed by atoms with Gasteiger partial charge in [-0.05, 0) is 35.0 Å². The highest BCUT2D eigenvalue weighted by molar-refractivity contribution is 6.13. The summed E-state index contributed by atoms with van der Waals surface area (Å²) in [5.74, 6) is 2.14. The molecule has 3 N–H and O–H groups in total. The van der Waals surface area contributed by atoms with E-state index in [4.69, 9.17) is 19.9 Å². The standard InChI is InChI=1S/C23H20N4O4/c1-29-17-9-15(10-18(11-17)30-2)27-23(28)20-5-3-4-14-8-16(6-7-19(14)20)31-22-12-21(24)25-13-26-22/h3-13H,1-2H3,(H,27,28)(H2,24,25,26). The Hall–Kier alpha value is -4.33. The average molecular weight is 416 g/mol. The minimum Gasteiger partial charge on any atom is -0.497 e. The minimum absolute atomic E-state index is 0.252. The topological polar surface area (TPSA) is 109 Å². The van der Waals surface area contributed by atoms with Crippen LogP contribution in [0, 0.1) is 0 Å². The number of hydrogen-bond donors (Lipinski definition) is 2. The van der Waals surface area contributed by atoms with E-state index in [1.54, 1.807) is 44.6 Å². The van der Waals surface area contributed by atoms with E-state index in [-0.39, 0.29) is 5.91 Å². The van der Waals surface area contributed by atoms with E-state index < -0.39 is 0 Å². The second-order valence-corrected chi connectivity index (χ2v) is 6.63. The lowest BCUT2D eigenvalue weighted by Crippen LogP contribution is -2.12. The first-order chi connectivity index (χ1) is 15.1. The van der Waals surface area contributed by atoms with Gasteiger partial charge in [0.1, 0.15) is 29.4 Å². The number of carbonyl (C=O) groups excluding carboxylic acids is 1. The van der Waals surface area contributed by atoms with Crippen LogP contribution >= 0.6 is 0 Å². The number of carbonyl (C=O) groups is 1. The zero-order chi connectivity index (χ0) is 21.8. The zero-order valence-corrected chi connectivity index (χ0v) is 17.0. The molecular formula is C23H20N4O4. The number of amides is 1. The molecule has 0 saturated carbocycles. The molecule has 0 aliphatic rings. The van der Waals surface area contributed by atoms with Gasteiger partial charge in [-0.3, -0.25) is 4.79 Å². The quantitative estimate of drug-likeness (QED) is 0.483. The molecule has 0 atom stereocenters. The number of nitrogens with one attached hydrogen (secondary N) is 1. The first-order valence-corrected chi connectivity index (χ1v) is 9.38. The monoisotopic (exact) mass is 416 g/mol. The smallest absolute Gasteiger partial charge is 0.256 e. The molecule has 0 saturated heterocycles. The summed E-state index contributed by atoms with van der Waals surface area (Å²) in [6.45, 7) is 0. The van der Waals surface area contributed by atoms with E-state index in [0.29, 0.717) is 40.2 Å². The Morgan fingerprint density at radius 3 is 2.39 bits per heavy atom. The molecule has 0 aliphatic heterocycles. The van der Waals surface area contributed by atoms with Gasteiger partial charge >= 0.3 is 0 Å². The Labute approximate surface area is 178 Å². The Bertz CT molecular complexity index is 1240. The van der Waals surface area contributed by atoms with Gasteiger partial charge in [-0.1, -0.05) is 12.1 Å². The SMILES string of the molecule is COc1cc(NC(=O)c2cccc3cc(Oc4cc(N)ncn4)ccc23)cc(OC)c1. The molecule has 3 aromatic carbocycles. The number of benzene rings is 3. The number of nitrogens with two attached hydrogens (primary N) is 1. The molecule has 0 unspecified atom stereocenters. The maximum absolute atomic E-state index is 13.0. The normalized spacial score (nSPS) is 10.5. The third-order valence-electron chi connectivity index (χ3n) is 4.59. The van der Waals surface area contributed by atoms with Gasteiger partial charge in [-0.2, -0.15) is 0 Å². The Kier molecular flexibility index (Phi) is 5.53. The molecule has 0 fully saturated rings. The van der Waals surface area contributed by atoms with E-state index in [2.05, 4.69) is 15.3 Å². The number of hydrogen-bond acceptors (Lipinski definition) is 7. The first-order valence-electron chi connectivity index (χ1n) is 9.38. The van der Waals surface area contributed by atoms with Crippen molar-refractivity contribution < 1.29 is 19.0 Å². The lowest BCUT2D eigenvalue weighted by atomic mass is 10.0. The molecule has 4 rings (SSSR count). The van der Waals surface area contributed by atoms with E-state index >= 15 is 0 Å². The summed E-state index contributed by atoms with van der Waals surface area (Å²) < 4.78 is 16.3. The second-order valence-electron chi connectivity index (χ2n) is 6.63. The fourth-order valence-electron chi connectivity index (χ4n) is 3.13. The average Bonchev–Trinajstić information content (AvgIpc) is 2.78. The van der Waals surface area contributed by atoms with Gasteiger partial charge < -0.3 is 25.3 Å². The van der Waals surface area contributed by atoms with Crippen LogP contribution in [0.3, 0.4) is 0 Å². The molecule has 31 heavy (non-hydrogen) atoms. The number of nitrogen functional groups attached to an aromatic ring is 1. The Morgan fingerprint density at radius 2 is 1.68 bits per heavy atom. The van der Waals surface area contributed by atoms with Crippen LogP contribution < -0.4 is 25.3 Å². The number of fused-ring (bicyclic) bond motifs is 1. The number of methoxy groups -OCH3 is 2. The van der Waals surface area contributed by atoms with E-state index in [1.807, 2.05) is 24.3 Å². The van der Waals surface area contributed by atoms with Gasteiger partial charge in [0.15, 0.2) is 0 Å². The predicted octanol–water partition coefficient (Wildman–Crippen LogP) is 4.27. The summed E-state index contributed by atoms with van der Waals surface area (Å²) in [6.07, 6.45) is 1.34. The highest BCUT2D eigenvalue weighted by Crippen LogP contribution is 2.29. The maximum atomic E-state index is 13.0. The van der Waals surface area contributed by atoms with Gasteiger partial charge in [0.25, 0.3) is 5.91 Å². The van der Waals surface area contributed by atoms with Crippen LogP contribution in [0.1, 0.15) is 10.4 Å². The number of aromatic nitrogens is 2. The van der Waals surface area contributed by atoms with Gasteiger partial charge in [0, 0.05) is 35.5 Å². The lowest BCUT2D eigenvalue weighted by Gasteiger charge is -2.12. The molecule has 0 radical (unpaired) electrons.